The SMILES string of the molecule is CCOC(=O)[C@H](NC(=O)CCC(C)N)c1ccccc1. The van der Waals surface area contributed by atoms with Gasteiger partial charge in [0.1, 0.15) is 0 Å². The second kappa shape index (κ2) is 8.32. The zero-order valence-electron chi connectivity index (χ0n) is 12.0. The molecule has 0 saturated carbocycles. The summed E-state index contributed by atoms with van der Waals surface area (Å²) in [6, 6.07) is 8.24. The molecular formula is C15H22N2O3. The van der Waals surface area contributed by atoms with Crippen LogP contribution in [0, 0.1) is 0 Å². The molecule has 1 aromatic carbocycles. The molecule has 0 aliphatic heterocycles. The first kappa shape index (κ1) is 16.2. The number of nitrogens with one attached hydrogen (secondary N) is 1. The van der Waals surface area contributed by atoms with Gasteiger partial charge in [-0.25, -0.2) is 4.79 Å². The van der Waals surface area contributed by atoms with Gasteiger partial charge in [-0.3, -0.25) is 4.79 Å². The van der Waals surface area contributed by atoms with Crippen molar-refractivity contribution in [3.05, 3.63) is 35.9 Å². The highest BCUT2D eigenvalue weighted by atomic mass is 16.5. The Morgan fingerprint density at radius 1 is 1.30 bits per heavy atom. The van der Waals surface area contributed by atoms with Gasteiger partial charge in [0.15, 0.2) is 6.04 Å². The Bertz CT molecular complexity index is 432. The number of benzene rings is 1. The predicted octanol–water partition coefficient (Wildman–Crippen LogP) is 1.53. The van der Waals surface area contributed by atoms with Gasteiger partial charge in [0.25, 0.3) is 0 Å². The third-order valence-electron chi connectivity index (χ3n) is 2.79. The summed E-state index contributed by atoms with van der Waals surface area (Å²) in [5.41, 5.74) is 6.33. The molecule has 3 N–H and O–H groups in total. The molecule has 0 aliphatic rings. The first-order valence-corrected chi connectivity index (χ1v) is 6.81. The molecule has 0 bridgehead atoms. The quantitative estimate of drug-likeness (QED) is 0.741. The van der Waals surface area contributed by atoms with Crippen molar-refractivity contribution in [1.82, 2.24) is 5.32 Å². The normalized spacial score (nSPS) is 13.3. The number of hydrogen-bond acceptors (Lipinski definition) is 4. The lowest BCUT2D eigenvalue weighted by Crippen LogP contribution is -2.35. The Labute approximate surface area is 119 Å². The van der Waals surface area contributed by atoms with Crippen molar-refractivity contribution in [2.75, 3.05) is 6.61 Å². The molecule has 20 heavy (non-hydrogen) atoms. The number of carbonyl (C=O) groups excluding carboxylic acids is 2. The summed E-state index contributed by atoms with van der Waals surface area (Å²) in [6.45, 7) is 3.85. The number of amides is 1. The second-order valence-corrected chi connectivity index (χ2v) is 4.68. The molecule has 0 radical (unpaired) electrons. The third-order valence-corrected chi connectivity index (χ3v) is 2.79. The first-order chi connectivity index (χ1) is 9.54. The maximum absolute atomic E-state index is 12.0. The Hall–Kier alpha value is -1.88. The molecule has 0 saturated heterocycles. The standard InChI is InChI=1S/C15H22N2O3/c1-3-20-15(19)14(12-7-5-4-6-8-12)17-13(18)10-9-11(2)16/h4-8,11,14H,3,9-10,16H2,1-2H3,(H,17,18)/t11?,14-/m1/s1. The molecule has 0 aliphatic carbocycles. The fraction of sp³-hybridized carbons (Fsp3) is 0.467. The Morgan fingerprint density at radius 3 is 2.50 bits per heavy atom. The highest BCUT2D eigenvalue weighted by Crippen LogP contribution is 2.15. The largest absolute Gasteiger partial charge is 0.464 e. The molecule has 1 rings (SSSR count). The van der Waals surface area contributed by atoms with E-state index in [9.17, 15) is 9.59 Å². The van der Waals surface area contributed by atoms with Crippen LogP contribution in [0.5, 0.6) is 0 Å². The Balaban J connectivity index is 2.73. The van der Waals surface area contributed by atoms with Gasteiger partial charge in [-0.05, 0) is 25.8 Å². The summed E-state index contributed by atoms with van der Waals surface area (Å²) in [4.78, 5) is 23.8. The molecule has 1 aromatic rings. The molecule has 110 valence electrons. The predicted molar refractivity (Wildman–Crippen MR) is 76.8 cm³/mol. The van der Waals surface area contributed by atoms with Crippen LogP contribution >= 0.6 is 0 Å². The minimum Gasteiger partial charge on any atom is -0.464 e. The molecular weight excluding hydrogens is 256 g/mol. The van der Waals surface area contributed by atoms with Crippen LogP contribution in [0.1, 0.15) is 38.3 Å². The van der Waals surface area contributed by atoms with Crippen molar-refractivity contribution >= 4 is 11.9 Å². The van der Waals surface area contributed by atoms with Crippen molar-refractivity contribution in [2.24, 2.45) is 5.73 Å². The van der Waals surface area contributed by atoms with Gasteiger partial charge in [0.2, 0.25) is 5.91 Å². The van der Waals surface area contributed by atoms with E-state index in [4.69, 9.17) is 10.5 Å². The number of rotatable bonds is 7. The smallest absolute Gasteiger partial charge is 0.333 e. The topological polar surface area (TPSA) is 81.4 Å². The summed E-state index contributed by atoms with van der Waals surface area (Å²) in [7, 11) is 0. The van der Waals surface area contributed by atoms with Crippen LogP contribution in [0.2, 0.25) is 0 Å². The van der Waals surface area contributed by atoms with Crippen LogP contribution in [0.25, 0.3) is 0 Å². The molecule has 0 aromatic heterocycles. The number of ether oxygens (including phenoxy) is 1. The summed E-state index contributed by atoms with van der Waals surface area (Å²) in [5, 5.41) is 2.70. The van der Waals surface area contributed by atoms with Crippen LogP contribution in [-0.2, 0) is 14.3 Å². The molecule has 0 spiro atoms. The fourth-order valence-electron chi connectivity index (χ4n) is 1.74. The van der Waals surface area contributed by atoms with Crippen LogP contribution in [0.15, 0.2) is 30.3 Å². The Kier molecular flexibility index (Phi) is 6.73. The molecule has 5 nitrogen and oxygen atoms in total. The number of carbonyl (C=O) groups is 2. The lowest BCUT2D eigenvalue weighted by atomic mass is 10.1. The summed E-state index contributed by atoms with van der Waals surface area (Å²) < 4.78 is 5.01. The summed E-state index contributed by atoms with van der Waals surface area (Å²) >= 11 is 0. The lowest BCUT2D eigenvalue weighted by Gasteiger charge is -2.18. The number of hydrogen-bond donors (Lipinski definition) is 2. The van der Waals surface area contributed by atoms with Gasteiger partial charge >= 0.3 is 5.97 Å². The van der Waals surface area contributed by atoms with E-state index in [-0.39, 0.29) is 18.6 Å². The maximum Gasteiger partial charge on any atom is 0.333 e. The van der Waals surface area contributed by atoms with Crippen molar-refractivity contribution in [2.45, 2.75) is 38.8 Å². The van der Waals surface area contributed by atoms with Crippen molar-refractivity contribution < 1.29 is 14.3 Å². The van der Waals surface area contributed by atoms with Crippen molar-refractivity contribution in [3.8, 4) is 0 Å². The maximum atomic E-state index is 12.0. The van der Waals surface area contributed by atoms with E-state index >= 15 is 0 Å². The van der Waals surface area contributed by atoms with Crippen molar-refractivity contribution in [1.29, 1.82) is 0 Å². The van der Waals surface area contributed by atoms with Crippen LogP contribution < -0.4 is 11.1 Å². The van der Waals surface area contributed by atoms with E-state index in [1.165, 1.54) is 0 Å². The summed E-state index contributed by atoms with van der Waals surface area (Å²) in [6.07, 6.45) is 0.872. The minimum atomic E-state index is -0.767. The molecule has 2 atom stereocenters. The van der Waals surface area contributed by atoms with Gasteiger partial charge in [-0.15, -0.1) is 0 Å². The molecule has 1 amide bonds. The average molecular weight is 278 g/mol. The average Bonchev–Trinajstić information content (AvgIpc) is 2.43. The van der Waals surface area contributed by atoms with Gasteiger partial charge in [-0.2, -0.15) is 0 Å². The van der Waals surface area contributed by atoms with Crippen molar-refractivity contribution in [3.63, 3.8) is 0 Å². The van der Waals surface area contributed by atoms with Gasteiger partial charge in [0, 0.05) is 12.5 Å². The molecule has 1 unspecified atom stereocenters. The first-order valence-electron chi connectivity index (χ1n) is 6.81. The highest BCUT2D eigenvalue weighted by molar-refractivity contribution is 5.85. The van der Waals surface area contributed by atoms with E-state index in [2.05, 4.69) is 5.32 Å². The number of nitrogens with two attached hydrogens (primary N) is 1. The summed E-state index contributed by atoms with van der Waals surface area (Å²) in [5.74, 6) is -0.656. The second-order valence-electron chi connectivity index (χ2n) is 4.68. The van der Waals surface area contributed by atoms with Crippen LogP contribution in [-0.4, -0.2) is 24.5 Å². The number of esters is 1. The third kappa shape index (κ3) is 5.40. The zero-order chi connectivity index (χ0) is 15.0. The lowest BCUT2D eigenvalue weighted by molar-refractivity contribution is -0.147. The van der Waals surface area contributed by atoms with E-state index in [0.29, 0.717) is 18.4 Å². The van der Waals surface area contributed by atoms with Gasteiger partial charge < -0.3 is 15.8 Å². The minimum absolute atomic E-state index is 0.0430. The zero-order valence-corrected chi connectivity index (χ0v) is 12.0. The van der Waals surface area contributed by atoms with E-state index in [1.54, 1.807) is 19.1 Å². The van der Waals surface area contributed by atoms with E-state index in [1.807, 2.05) is 25.1 Å². The van der Waals surface area contributed by atoms with Crippen LogP contribution in [0.4, 0.5) is 0 Å². The van der Waals surface area contributed by atoms with E-state index < -0.39 is 12.0 Å². The highest BCUT2D eigenvalue weighted by Gasteiger charge is 2.23. The monoisotopic (exact) mass is 278 g/mol. The Morgan fingerprint density at radius 2 is 1.95 bits per heavy atom. The van der Waals surface area contributed by atoms with E-state index in [0.717, 1.165) is 0 Å². The van der Waals surface area contributed by atoms with Gasteiger partial charge in [0.05, 0.1) is 6.61 Å². The molecule has 0 heterocycles. The molecule has 0 fully saturated rings. The van der Waals surface area contributed by atoms with Gasteiger partial charge in [-0.1, -0.05) is 30.3 Å². The molecule has 5 heteroatoms. The fourth-order valence-corrected chi connectivity index (χ4v) is 1.74. The van der Waals surface area contributed by atoms with Crippen LogP contribution in [0.3, 0.4) is 0 Å².